The second-order valence-corrected chi connectivity index (χ2v) is 5.16. The zero-order chi connectivity index (χ0) is 15.2. The molecule has 0 atom stereocenters. The normalized spacial score (nSPS) is 10.0. The summed E-state index contributed by atoms with van der Waals surface area (Å²) in [4.78, 5) is 17.0. The fraction of sp³-hybridized carbons (Fsp3) is 0.357. The van der Waals surface area contributed by atoms with Crippen LogP contribution in [0.4, 0.5) is 5.13 Å². The van der Waals surface area contributed by atoms with Crippen molar-refractivity contribution < 1.29 is 9.90 Å². The number of anilines is 1. The van der Waals surface area contributed by atoms with Gasteiger partial charge in [-0.15, -0.1) is 0 Å². The van der Waals surface area contributed by atoms with E-state index in [1.54, 1.807) is 16.9 Å². The summed E-state index contributed by atoms with van der Waals surface area (Å²) in [6.07, 6.45) is 2.35. The Morgan fingerprint density at radius 3 is 3.00 bits per heavy atom. The first-order valence-electron chi connectivity index (χ1n) is 6.61. The average Bonchev–Trinajstić information content (AvgIpc) is 3.11. The molecular weight excluding hydrogens is 288 g/mol. The number of nitrogens with zero attached hydrogens (tertiary/aromatic N) is 3. The van der Waals surface area contributed by atoms with Gasteiger partial charge in [-0.25, -0.2) is 4.98 Å². The van der Waals surface area contributed by atoms with Crippen molar-refractivity contribution in [3.63, 3.8) is 0 Å². The standard InChI is InChI=1S/C14H16N4O2S/c1-3-10-8-12(18(4-2)17-10)13(20)16-14-15-9-11(21-14)6-5-7-19/h8-9,19H,3-4,7H2,1-2H3,(H,15,16,20). The molecule has 2 N–H and O–H groups in total. The fourth-order valence-electron chi connectivity index (χ4n) is 1.74. The maximum absolute atomic E-state index is 12.3. The van der Waals surface area contributed by atoms with E-state index in [0.29, 0.717) is 22.2 Å². The van der Waals surface area contributed by atoms with E-state index >= 15 is 0 Å². The number of aromatic nitrogens is 3. The highest BCUT2D eigenvalue weighted by Gasteiger charge is 2.15. The van der Waals surface area contributed by atoms with E-state index in [4.69, 9.17) is 5.11 Å². The van der Waals surface area contributed by atoms with Gasteiger partial charge in [0.1, 0.15) is 12.3 Å². The van der Waals surface area contributed by atoms with Gasteiger partial charge in [0.15, 0.2) is 5.13 Å². The molecule has 0 fully saturated rings. The molecule has 0 aliphatic rings. The lowest BCUT2D eigenvalue weighted by molar-refractivity contribution is 0.101. The lowest BCUT2D eigenvalue weighted by atomic mass is 10.3. The minimum Gasteiger partial charge on any atom is -0.384 e. The van der Waals surface area contributed by atoms with Crippen molar-refractivity contribution in [2.24, 2.45) is 0 Å². The van der Waals surface area contributed by atoms with Crippen LogP contribution < -0.4 is 5.32 Å². The summed E-state index contributed by atoms with van der Waals surface area (Å²) in [6, 6.07) is 1.79. The van der Waals surface area contributed by atoms with Crippen molar-refractivity contribution >= 4 is 22.4 Å². The maximum Gasteiger partial charge on any atom is 0.275 e. The van der Waals surface area contributed by atoms with E-state index < -0.39 is 0 Å². The van der Waals surface area contributed by atoms with Gasteiger partial charge in [0.2, 0.25) is 0 Å². The Hall–Kier alpha value is -2.17. The van der Waals surface area contributed by atoms with Crippen molar-refractivity contribution in [3.05, 3.63) is 28.5 Å². The van der Waals surface area contributed by atoms with Crippen molar-refractivity contribution in [2.45, 2.75) is 26.8 Å². The van der Waals surface area contributed by atoms with E-state index in [1.165, 1.54) is 11.3 Å². The number of rotatable bonds is 4. The van der Waals surface area contributed by atoms with Gasteiger partial charge in [0, 0.05) is 6.54 Å². The molecule has 0 aliphatic heterocycles. The minimum absolute atomic E-state index is 0.199. The highest BCUT2D eigenvalue weighted by atomic mass is 32.1. The van der Waals surface area contributed by atoms with Gasteiger partial charge in [-0.1, -0.05) is 30.1 Å². The van der Waals surface area contributed by atoms with E-state index in [2.05, 4.69) is 27.2 Å². The molecule has 6 nitrogen and oxygen atoms in total. The summed E-state index contributed by atoms with van der Waals surface area (Å²) in [5.41, 5.74) is 1.41. The molecule has 0 aliphatic carbocycles. The zero-order valence-electron chi connectivity index (χ0n) is 11.9. The highest BCUT2D eigenvalue weighted by Crippen LogP contribution is 2.18. The fourth-order valence-corrected chi connectivity index (χ4v) is 2.43. The summed E-state index contributed by atoms with van der Waals surface area (Å²) in [5, 5.41) is 16.2. The largest absolute Gasteiger partial charge is 0.384 e. The summed E-state index contributed by atoms with van der Waals surface area (Å²) >= 11 is 1.26. The predicted octanol–water partition coefficient (Wildman–Crippen LogP) is 1.52. The third-order valence-electron chi connectivity index (χ3n) is 2.74. The maximum atomic E-state index is 12.3. The number of carbonyl (C=O) groups is 1. The Morgan fingerprint density at radius 1 is 1.52 bits per heavy atom. The van der Waals surface area contributed by atoms with Gasteiger partial charge in [0.05, 0.1) is 16.8 Å². The van der Waals surface area contributed by atoms with E-state index in [-0.39, 0.29) is 12.5 Å². The zero-order valence-corrected chi connectivity index (χ0v) is 12.7. The number of aliphatic hydroxyl groups excluding tert-OH is 1. The molecule has 2 heterocycles. The Balaban J connectivity index is 2.14. The molecule has 7 heteroatoms. The van der Waals surface area contributed by atoms with Crippen molar-refractivity contribution in [1.82, 2.24) is 14.8 Å². The van der Waals surface area contributed by atoms with Crippen LogP contribution in [0.3, 0.4) is 0 Å². The molecule has 1 amide bonds. The van der Waals surface area contributed by atoms with Gasteiger partial charge in [-0.05, 0) is 19.4 Å². The summed E-state index contributed by atoms with van der Waals surface area (Å²) < 4.78 is 1.67. The number of aryl methyl sites for hydroxylation is 2. The van der Waals surface area contributed by atoms with E-state index in [0.717, 1.165) is 12.1 Å². The molecule has 0 saturated carbocycles. The van der Waals surface area contributed by atoms with Crippen LogP contribution in [0.2, 0.25) is 0 Å². The van der Waals surface area contributed by atoms with Crippen LogP contribution in [0.5, 0.6) is 0 Å². The average molecular weight is 304 g/mol. The Morgan fingerprint density at radius 2 is 2.33 bits per heavy atom. The molecule has 0 bridgehead atoms. The lowest BCUT2D eigenvalue weighted by Gasteiger charge is -2.03. The second-order valence-electron chi connectivity index (χ2n) is 4.13. The number of amides is 1. The molecule has 110 valence electrons. The molecular formula is C14H16N4O2S. The number of thiazole rings is 1. The van der Waals surface area contributed by atoms with Crippen molar-refractivity contribution in [1.29, 1.82) is 0 Å². The van der Waals surface area contributed by atoms with Crippen LogP contribution in [0.25, 0.3) is 0 Å². The van der Waals surface area contributed by atoms with Crippen LogP contribution in [0.1, 0.15) is 34.9 Å². The predicted molar refractivity (Wildman–Crippen MR) is 81.3 cm³/mol. The van der Waals surface area contributed by atoms with Crippen LogP contribution in [-0.4, -0.2) is 32.4 Å². The van der Waals surface area contributed by atoms with Crippen LogP contribution >= 0.6 is 11.3 Å². The van der Waals surface area contributed by atoms with Crippen molar-refractivity contribution in [2.75, 3.05) is 11.9 Å². The van der Waals surface area contributed by atoms with Crippen LogP contribution in [0.15, 0.2) is 12.3 Å². The first-order chi connectivity index (χ1) is 10.2. The molecule has 0 radical (unpaired) electrons. The first kappa shape index (κ1) is 15.2. The first-order valence-corrected chi connectivity index (χ1v) is 7.43. The number of hydrogen-bond acceptors (Lipinski definition) is 5. The molecule has 0 spiro atoms. The number of aliphatic hydroxyl groups is 1. The van der Waals surface area contributed by atoms with Gasteiger partial charge in [0.25, 0.3) is 5.91 Å². The molecule has 2 rings (SSSR count). The minimum atomic E-state index is -0.236. The number of nitrogens with one attached hydrogen (secondary N) is 1. The van der Waals surface area contributed by atoms with Gasteiger partial charge < -0.3 is 5.11 Å². The molecule has 0 aromatic carbocycles. The number of carbonyl (C=O) groups excluding carboxylic acids is 1. The SMILES string of the molecule is CCc1cc(C(=O)Nc2ncc(C#CCO)s2)n(CC)n1. The van der Waals surface area contributed by atoms with E-state index in [9.17, 15) is 4.79 Å². The topological polar surface area (TPSA) is 80.0 Å². The third kappa shape index (κ3) is 3.68. The molecule has 0 saturated heterocycles. The second kappa shape index (κ2) is 7.02. The molecule has 2 aromatic heterocycles. The van der Waals surface area contributed by atoms with E-state index in [1.807, 2.05) is 13.8 Å². The Labute approximate surface area is 126 Å². The summed E-state index contributed by atoms with van der Waals surface area (Å²) in [5.74, 6) is 5.06. The summed E-state index contributed by atoms with van der Waals surface area (Å²) in [6.45, 7) is 4.37. The molecule has 0 unspecified atom stereocenters. The van der Waals surface area contributed by atoms with Crippen molar-refractivity contribution in [3.8, 4) is 11.8 Å². The van der Waals surface area contributed by atoms with Gasteiger partial charge in [-0.2, -0.15) is 5.10 Å². The van der Waals surface area contributed by atoms with Gasteiger partial charge >= 0.3 is 0 Å². The smallest absolute Gasteiger partial charge is 0.275 e. The highest BCUT2D eigenvalue weighted by molar-refractivity contribution is 7.16. The third-order valence-corrected chi connectivity index (χ3v) is 3.57. The molecule has 21 heavy (non-hydrogen) atoms. The molecule has 2 aromatic rings. The Bertz CT molecular complexity index is 693. The lowest BCUT2D eigenvalue weighted by Crippen LogP contribution is -2.17. The van der Waals surface area contributed by atoms with Crippen LogP contribution in [-0.2, 0) is 13.0 Å². The van der Waals surface area contributed by atoms with Gasteiger partial charge in [-0.3, -0.25) is 14.8 Å². The summed E-state index contributed by atoms with van der Waals surface area (Å²) in [7, 11) is 0. The number of hydrogen-bond donors (Lipinski definition) is 2. The quantitative estimate of drug-likeness (QED) is 0.839. The Kier molecular flexibility index (Phi) is 5.09. The monoisotopic (exact) mass is 304 g/mol. The van der Waals surface area contributed by atoms with Crippen LogP contribution in [0, 0.1) is 11.8 Å².